The second-order valence-corrected chi connectivity index (χ2v) is 6.48. The predicted octanol–water partition coefficient (Wildman–Crippen LogP) is 2.40. The van der Waals surface area contributed by atoms with Gasteiger partial charge in [-0.05, 0) is 38.8 Å². The van der Waals surface area contributed by atoms with Crippen molar-refractivity contribution in [2.24, 2.45) is 0 Å². The quantitative estimate of drug-likeness (QED) is 0.873. The molecule has 0 saturated carbocycles. The van der Waals surface area contributed by atoms with Gasteiger partial charge < -0.3 is 19.9 Å². The zero-order chi connectivity index (χ0) is 19.1. The fourth-order valence-corrected chi connectivity index (χ4v) is 3.06. The molecule has 7 nitrogen and oxygen atoms in total. The lowest BCUT2D eigenvalue weighted by atomic mass is 10.0. The third-order valence-corrected chi connectivity index (χ3v) is 4.49. The van der Waals surface area contributed by atoms with E-state index in [4.69, 9.17) is 4.74 Å². The van der Waals surface area contributed by atoms with Crippen LogP contribution >= 0.6 is 0 Å². The minimum absolute atomic E-state index is 0.00723. The zero-order valence-electron chi connectivity index (χ0n) is 15.7. The molecule has 26 heavy (non-hydrogen) atoms. The Labute approximate surface area is 154 Å². The van der Waals surface area contributed by atoms with E-state index in [1.165, 1.54) is 6.92 Å². The summed E-state index contributed by atoms with van der Waals surface area (Å²) in [6.45, 7) is 6.61. The highest BCUT2D eigenvalue weighted by atomic mass is 16.6. The fraction of sp³-hybridized carbons (Fsp3) is 0.526. The molecule has 0 bridgehead atoms. The summed E-state index contributed by atoms with van der Waals surface area (Å²) in [6, 6.07) is 7.46. The van der Waals surface area contributed by atoms with Crippen LogP contribution in [0.2, 0.25) is 0 Å². The number of anilines is 1. The predicted molar refractivity (Wildman–Crippen MR) is 98.8 cm³/mol. The van der Waals surface area contributed by atoms with E-state index in [-0.39, 0.29) is 30.5 Å². The first-order valence-corrected chi connectivity index (χ1v) is 8.96. The number of nitrogens with zero attached hydrogens (tertiary/aromatic N) is 2. The van der Waals surface area contributed by atoms with Crippen molar-refractivity contribution < 1.29 is 19.1 Å². The summed E-state index contributed by atoms with van der Waals surface area (Å²) in [6.07, 6.45) is 0.948. The van der Waals surface area contributed by atoms with Crippen LogP contribution in [0.3, 0.4) is 0 Å². The highest BCUT2D eigenvalue weighted by molar-refractivity contribution is 5.94. The van der Waals surface area contributed by atoms with Gasteiger partial charge in [0.05, 0.1) is 6.61 Å². The molecule has 1 fully saturated rings. The molecule has 1 saturated heterocycles. The van der Waals surface area contributed by atoms with Gasteiger partial charge in [-0.25, -0.2) is 4.79 Å². The number of aryl methyl sites for hydroxylation is 1. The van der Waals surface area contributed by atoms with Crippen LogP contribution < -0.4 is 5.32 Å². The summed E-state index contributed by atoms with van der Waals surface area (Å²) in [7, 11) is 0. The molecular weight excluding hydrogens is 334 g/mol. The highest BCUT2D eigenvalue weighted by Gasteiger charge is 2.29. The van der Waals surface area contributed by atoms with Gasteiger partial charge in [0.15, 0.2) is 0 Å². The number of carbonyl (C=O) groups is 3. The Balaban J connectivity index is 1.90. The van der Waals surface area contributed by atoms with Gasteiger partial charge in [-0.15, -0.1) is 0 Å². The number of amides is 3. The molecule has 0 unspecified atom stereocenters. The normalized spacial score (nSPS) is 14.7. The van der Waals surface area contributed by atoms with E-state index in [1.54, 1.807) is 16.7 Å². The number of ether oxygens (including phenoxy) is 1. The number of rotatable bonds is 5. The molecule has 1 heterocycles. The molecule has 1 aromatic rings. The van der Waals surface area contributed by atoms with E-state index in [2.05, 4.69) is 5.32 Å². The van der Waals surface area contributed by atoms with E-state index < -0.39 is 0 Å². The summed E-state index contributed by atoms with van der Waals surface area (Å²) < 4.78 is 5.01. The van der Waals surface area contributed by atoms with Gasteiger partial charge >= 0.3 is 6.09 Å². The van der Waals surface area contributed by atoms with Crippen LogP contribution in [0.5, 0.6) is 0 Å². The van der Waals surface area contributed by atoms with Crippen molar-refractivity contribution in [1.29, 1.82) is 0 Å². The number of hydrogen-bond donors (Lipinski definition) is 1. The molecule has 1 N–H and O–H groups in total. The number of carbonyl (C=O) groups excluding carboxylic acids is 3. The van der Waals surface area contributed by atoms with Crippen LogP contribution in [0.1, 0.15) is 32.3 Å². The first kappa shape index (κ1) is 19.8. The smallest absolute Gasteiger partial charge is 0.409 e. The molecule has 1 aromatic carbocycles. The topological polar surface area (TPSA) is 79.0 Å². The maximum absolute atomic E-state index is 12.3. The second-order valence-electron chi connectivity index (χ2n) is 6.48. The van der Waals surface area contributed by atoms with E-state index >= 15 is 0 Å². The zero-order valence-corrected chi connectivity index (χ0v) is 15.7. The highest BCUT2D eigenvalue weighted by Crippen LogP contribution is 2.18. The van der Waals surface area contributed by atoms with Crippen molar-refractivity contribution >= 4 is 23.6 Å². The van der Waals surface area contributed by atoms with Crippen molar-refractivity contribution in [2.75, 3.05) is 31.6 Å². The second kappa shape index (κ2) is 9.22. The van der Waals surface area contributed by atoms with Gasteiger partial charge in [0.2, 0.25) is 11.8 Å². The maximum atomic E-state index is 12.3. The Kier molecular flexibility index (Phi) is 7.00. The molecule has 0 atom stereocenters. The van der Waals surface area contributed by atoms with Crippen LogP contribution in [-0.2, 0) is 14.3 Å². The molecule has 7 heteroatoms. The van der Waals surface area contributed by atoms with Gasteiger partial charge in [-0.1, -0.05) is 17.7 Å². The molecule has 0 spiro atoms. The van der Waals surface area contributed by atoms with E-state index in [0.717, 1.165) is 5.56 Å². The molecule has 0 aromatic heterocycles. The molecule has 142 valence electrons. The Bertz CT molecular complexity index is 637. The van der Waals surface area contributed by atoms with Gasteiger partial charge in [0.1, 0.15) is 6.54 Å². The molecule has 3 amide bonds. The summed E-state index contributed by atoms with van der Waals surface area (Å²) in [4.78, 5) is 39.4. The third kappa shape index (κ3) is 5.47. The van der Waals surface area contributed by atoms with Crippen LogP contribution in [0.25, 0.3) is 0 Å². The minimum Gasteiger partial charge on any atom is -0.450 e. The fourth-order valence-electron chi connectivity index (χ4n) is 3.06. The van der Waals surface area contributed by atoms with E-state index in [9.17, 15) is 14.4 Å². The van der Waals surface area contributed by atoms with Crippen molar-refractivity contribution in [3.8, 4) is 0 Å². The minimum atomic E-state index is -0.322. The van der Waals surface area contributed by atoms with Gasteiger partial charge in [0, 0.05) is 31.7 Å². The Morgan fingerprint density at radius 1 is 1.19 bits per heavy atom. The maximum Gasteiger partial charge on any atom is 0.409 e. The van der Waals surface area contributed by atoms with Crippen LogP contribution in [0.15, 0.2) is 24.3 Å². The van der Waals surface area contributed by atoms with E-state index in [1.807, 2.05) is 31.2 Å². The lowest BCUT2D eigenvalue weighted by Crippen LogP contribution is -2.50. The van der Waals surface area contributed by atoms with Crippen LogP contribution in [0, 0.1) is 6.92 Å². The number of hydrogen-bond acceptors (Lipinski definition) is 4. The van der Waals surface area contributed by atoms with Crippen molar-refractivity contribution in [1.82, 2.24) is 9.80 Å². The van der Waals surface area contributed by atoms with Gasteiger partial charge in [0.25, 0.3) is 0 Å². The Hall–Kier alpha value is -2.57. The first-order chi connectivity index (χ1) is 12.4. The summed E-state index contributed by atoms with van der Waals surface area (Å²) in [5.41, 5.74) is 1.82. The van der Waals surface area contributed by atoms with Crippen molar-refractivity contribution in [2.45, 2.75) is 39.7 Å². The van der Waals surface area contributed by atoms with Crippen molar-refractivity contribution in [3.63, 3.8) is 0 Å². The van der Waals surface area contributed by atoms with Crippen LogP contribution in [0.4, 0.5) is 10.5 Å². The summed E-state index contributed by atoms with van der Waals surface area (Å²) in [5, 5.41) is 2.82. The SMILES string of the molecule is CCOC(=O)N1CCC(N(CC(=O)Nc2ccc(C)cc2)C(C)=O)CC1. The molecular formula is C19H27N3O4. The third-order valence-electron chi connectivity index (χ3n) is 4.49. The van der Waals surface area contributed by atoms with Crippen molar-refractivity contribution in [3.05, 3.63) is 29.8 Å². The number of benzene rings is 1. The van der Waals surface area contributed by atoms with Crippen LogP contribution in [-0.4, -0.2) is 60.0 Å². The molecule has 1 aliphatic heterocycles. The molecule has 0 aliphatic carbocycles. The number of piperidine rings is 1. The average molecular weight is 361 g/mol. The Morgan fingerprint density at radius 3 is 2.35 bits per heavy atom. The first-order valence-electron chi connectivity index (χ1n) is 8.96. The standard InChI is InChI=1S/C19H27N3O4/c1-4-26-19(25)21-11-9-17(10-12-21)22(15(3)23)13-18(24)20-16-7-5-14(2)6-8-16/h5-8,17H,4,9-13H2,1-3H3,(H,20,24). The van der Waals surface area contributed by atoms with E-state index in [0.29, 0.717) is 38.2 Å². The largest absolute Gasteiger partial charge is 0.450 e. The lowest BCUT2D eigenvalue weighted by molar-refractivity contribution is -0.136. The van der Waals surface area contributed by atoms with Gasteiger partial charge in [-0.2, -0.15) is 0 Å². The average Bonchev–Trinajstić information content (AvgIpc) is 2.62. The number of likely N-dealkylation sites (tertiary alicyclic amines) is 1. The molecule has 2 rings (SSSR count). The Morgan fingerprint density at radius 2 is 1.81 bits per heavy atom. The summed E-state index contributed by atoms with van der Waals surface area (Å²) >= 11 is 0. The van der Waals surface area contributed by atoms with Gasteiger partial charge in [-0.3, -0.25) is 9.59 Å². The molecule has 0 radical (unpaired) electrons. The lowest BCUT2D eigenvalue weighted by Gasteiger charge is -2.37. The summed E-state index contributed by atoms with van der Waals surface area (Å²) in [5.74, 6) is -0.365. The number of nitrogens with one attached hydrogen (secondary N) is 1. The monoisotopic (exact) mass is 361 g/mol. The molecule has 1 aliphatic rings.